The predicted octanol–water partition coefficient (Wildman–Crippen LogP) is -0.286. The summed E-state index contributed by atoms with van der Waals surface area (Å²) in [5, 5.41) is 11.7. The molecule has 0 aliphatic carbocycles. The van der Waals surface area contributed by atoms with Gasteiger partial charge in [-0.2, -0.15) is 0 Å². The average Bonchev–Trinajstić information content (AvgIpc) is 2.58. The number of hydrogen-bond donors (Lipinski definition) is 2. The molecule has 15 heavy (non-hydrogen) atoms. The van der Waals surface area contributed by atoms with Crippen molar-refractivity contribution in [3.63, 3.8) is 0 Å². The van der Waals surface area contributed by atoms with Crippen LogP contribution in [-0.4, -0.2) is 66.3 Å². The number of aliphatic hydroxyl groups excluding tert-OH is 1. The molecule has 1 rings (SSSR count). The van der Waals surface area contributed by atoms with Gasteiger partial charge in [0.05, 0.1) is 6.61 Å². The van der Waals surface area contributed by atoms with Gasteiger partial charge in [-0.1, -0.05) is 0 Å². The number of nitrogens with zero attached hydrogens (tertiary/aromatic N) is 2. The van der Waals surface area contributed by atoms with E-state index in [1.54, 1.807) is 0 Å². The lowest BCUT2D eigenvalue weighted by molar-refractivity contribution is 0.151. The standard InChI is InChI=1S/C10H21N3O2/c1-9(2)12(7-8-14)5-6-13-4-3-11-10(13)15/h9,14H,3-8H2,1-2H3,(H,11,15). The Morgan fingerprint density at radius 1 is 1.53 bits per heavy atom. The van der Waals surface area contributed by atoms with E-state index in [9.17, 15) is 4.79 Å². The van der Waals surface area contributed by atoms with Crippen LogP contribution in [0.15, 0.2) is 0 Å². The Morgan fingerprint density at radius 3 is 2.73 bits per heavy atom. The minimum atomic E-state index is 0.0303. The quantitative estimate of drug-likeness (QED) is 0.640. The Labute approximate surface area is 91.0 Å². The lowest BCUT2D eigenvalue weighted by atomic mass is 10.3. The number of rotatable bonds is 6. The monoisotopic (exact) mass is 215 g/mol. The fraction of sp³-hybridized carbons (Fsp3) is 0.900. The first kappa shape index (κ1) is 12.3. The van der Waals surface area contributed by atoms with E-state index in [-0.39, 0.29) is 12.6 Å². The summed E-state index contributed by atoms with van der Waals surface area (Å²) in [5.74, 6) is 0. The van der Waals surface area contributed by atoms with Crippen LogP contribution < -0.4 is 5.32 Å². The number of carbonyl (C=O) groups excluding carboxylic acids is 1. The third-order valence-electron chi connectivity index (χ3n) is 2.72. The van der Waals surface area contributed by atoms with E-state index in [0.29, 0.717) is 12.6 Å². The molecule has 0 spiro atoms. The molecule has 0 atom stereocenters. The van der Waals surface area contributed by atoms with E-state index in [1.165, 1.54) is 0 Å². The fourth-order valence-electron chi connectivity index (χ4n) is 1.73. The van der Waals surface area contributed by atoms with E-state index in [2.05, 4.69) is 24.1 Å². The van der Waals surface area contributed by atoms with E-state index in [0.717, 1.165) is 26.2 Å². The van der Waals surface area contributed by atoms with Gasteiger partial charge in [-0.15, -0.1) is 0 Å². The zero-order valence-corrected chi connectivity index (χ0v) is 9.57. The Balaban J connectivity index is 2.29. The number of amides is 2. The summed E-state index contributed by atoms with van der Waals surface area (Å²) in [6.07, 6.45) is 0. The van der Waals surface area contributed by atoms with Crippen molar-refractivity contribution in [2.75, 3.05) is 39.3 Å². The van der Waals surface area contributed by atoms with E-state index in [4.69, 9.17) is 5.11 Å². The summed E-state index contributed by atoms with van der Waals surface area (Å²) < 4.78 is 0. The molecule has 1 saturated heterocycles. The molecule has 0 saturated carbocycles. The molecule has 1 fully saturated rings. The molecule has 88 valence electrons. The molecule has 5 nitrogen and oxygen atoms in total. The molecule has 1 heterocycles. The lowest BCUT2D eigenvalue weighted by Crippen LogP contribution is -2.41. The third-order valence-corrected chi connectivity index (χ3v) is 2.72. The summed E-state index contributed by atoms with van der Waals surface area (Å²) in [4.78, 5) is 15.2. The van der Waals surface area contributed by atoms with Gasteiger partial charge in [0.25, 0.3) is 0 Å². The van der Waals surface area contributed by atoms with Crippen molar-refractivity contribution in [3.8, 4) is 0 Å². The van der Waals surface area contributed by atoms with Gasteiger partial charge in [0.2, 0.25) is 0 Å². The van der Waals surface area contributed by atoms with Crippen LogP contribution in [0.5, 0.6) is 0 Å². The second kappa shape index (κ2) is 5.92. The molecule has 0 aromatic heterocycles. The van der Waals surface area contributed by atoms with Crippen LogP contribution in [0, 0.1) is 0 Å². The van der Waals surface area contributed by atoms with Gasteiger partial charge in [-0.05, 0) is 13.8 Å². The zero-order valence-electron chi connectivity index (χ0n) is 9.57. The Kier molecular flexibility index (Phi) is 4.84. The zero-order chi connectivity index (χ0) is 11.3. The smallest absolute Gasteiger partial charge is 0.317 e. The first-order valence-electron chi connectivity index (χ1n) is 5.53. The maximum absolute atomic E-state index is 11.3. The molecule has 0 radical (unpaired) electrons. The minimum Gasteiger partial charge on any atom is -0.395 e. The maximum atomic E-state index is 11.3. The Bertz CT molecular complexity index is 209. The number of hydrogen-bond acceptors (Lipinski definition) is 3. The molecule has 0 unspecified atom stereocenters. The fourth-order valence-corrected chi connectivity index (χ4v) is 1.73. The minimum absolute atomic E-state index is 0.0303. The number of carbonyl (C=O) groups is 1. The van der Waals surface area contributed by atoms with Crippen LogP contribution in [0.2, 0.25) is 0 Å². The summed E-state index contributed by atoms with van der Waals surface area (Å²) in [5.41, 5.74) is 0. The van der Waals surface area contributed by atoms with Crippen molar-refractivity contribution in [2.24, 2.45) is 0 Å². The first-order chi connectivity index (χ1) is 7.15. The topological polar surface area (TPSA) is 55.8 Å². The van der Waals surface area contributed by atoms with E-state index < -0.39 is 0 Å². The van der Waals surface area contributed by atoms with Gasteiger partial charge in [-0.3, -0.25) is 4.90 Å². The molecule has 1 aliphatic heterocycles. The summed E-state index contributed by atoms with van der Waals surface area (Å²) in [6, 6.07) is 0.436. The molecule has 2 amide bonds. The number of aliphatic hydroxyl groups is 1. The van der Waals surface area contributed by atoms with Gasteiger partial charge in [0.15, 0.2) is 0 Å². The van der Waals surface area contributed by atoms with E-state index in [1.807, 2.05) is 4.90 Å². The normalized spacial score (nSPS) is 16.6. The molecule has 5 heteroatoms. The first-order valence-corrected chi connectivity index (χ1v) is 5.53. The van der Waals surface area contributed by atoms with Crippen LogP contribution in [-0.2, 0) is 0 Å². The molecule has 0 aromatic carbocycles. The molecule has 2 N–H and O–H groups in total. The van der Waals surface area contributed by atoms with Crippen LogP contribution in [0.1, 0.15) is 13.8 Å². The highest BCUT2D eigenvalue weighted by Gasteiger charge is 2.20. The Hall–Kier alpha value is -0.810. The van der Waals surface area contributed by atoms with Crippen molar-refractivity contribution in [3.05, 3.63) is 0 Å². The second-order valence-corrected chi connectivity index (χ2v) is 4.07. The average molecular weight is 215 g/mol. The molecule has 0 bridgehead atoms. The van der Waals surface area contributed by atoms with Gasteiger partial charge in [-0.25, -0.2) is 4.79 Å². The van der Waals surface area contributed by atoms with Crippen LogP contribution >= 0.6 is 0 Å². The highest BCUT2D eigenvalue weighted by molar-refractivity contribution is 5.76. The van der Waals surface area contributed by atoms with Gasteiger partial charge in [0, 0.05) is 38.8 Å². The van der Waals surface area contributed by atoms with Crippen LogP contribution in [0.3, 0.4) is 0 Å². The largest absolute Gasteiger partial charge is 0.395 e. The predicted molar refractivity (Wildman–Crippen MR) is 58.8 cm³/mol. The summed E-state index contributed by atoms with van der Waals surface area (Å²) in [7, 11) is 0. The van der Waals surface area contributed by atoms with Crippen molar-refractivity contribution >= 4 is 6.03 Å². The molecule has 1 aliphatic rings. The van der Waals surface area contributed by atoms with Crippen molar-refractivity contribution in [1.82, 2.24) is 15.1 Å². The van der Waals surface area contributed by atoms with Crippen LogP contribution in [0.25, 0.3) is 0 Å². The van der Waals surface area contributed by atoms with Crippen molar-refractivity contribution in [1.29, 1.82) is 0 Å². The highest BCUT2D eigenvalue weighted by Crippen LogP contribution is 2.01. The van der Waals surface area contributed by atoms with Gasteiger partial charge >= 0.3 is 6.03 Å². The molecular weight excluding hydrogens is 194 g/mol. The van der Waals surface area contributed by atoms with E-state index >= 15 is 0 Å². The SMILES string of the molecule is CC(C)N(CCO)CCN1CCNC1=O. The molecule has 0 aromatic rings. The highest BCUT2D eigenvalue weighted by atomic mass is 16.3. The summed E-state index contributed by atoms with van der Waals surface area (Å²) in [6.45, 7) is 8.15. The van der Waals surface area contributed by atoms with Crippen LogP contribution in [0.4, 0.5) is 4.79 Å². The van der Waals surface area contributed by atoms with Crippen molar-refractivity contribution < 1.29 is 9.90 Å². The summed E-state index contributed by atoms with van der Waals surface area (Å²) >= 11 is 0. The number of urea groups is 1. The maximum Gasteiger partial charge on any atom is 0.317 e. The third kappa shape index (κ3) is 3.68. The molecular formula is C10H21N3O2. The Morgan fingerprint density at radius 2 is 2.27 bits per heavy atom. The van der Waals surface area contributed by atoms with Gasteiger partial charge < -0.3 is 15.3 Å². The number of nitrogens with one attached hydrogen (secondary N) is 1. The van der Waals surface area contributed by atoms with Gasteiger partial charge in [0.1, 0.15) is 0 Å². The van der Waals surface area contributed by atoms with Crippen molar-refractivity contribution in [2.45, 2.75) is 19.9 Å². The second-order valence-electron chi connectivity index (χ2n) is 4.07. The lowest BCUT2D eigenvalue weighted by Gasteiger charge is -2.27.